The molecule has 0 saturated carbocycles. The maximum atomic E-state index is 12.7. The Balaban J connectivity index is 1.90. The van der Waals surface area contributed by atoms with Gasteiger partial charge in [0.1, 0.15) is 0 Å². The van der Waals surface area contributed by atoms with Crippen LogP contribution in [0.4, 0.5) is 5.69 Å². The zero-order chi connectivity index (χ0) is 16.6. The number of allylic oxidation sites excluding steroid dienone is 1. The molecule has 0 fully saturated rings. The average molecular weight is 333 g/mol. The minimum Gasteiger partial charge on any atom is -0.329 e. The van der Waals surface area contributed by atoms with E-state index >= 15 is 0 Å². The summed E-state index contributed by atoms with van der Waals surface area (Å²) >= 11 is 6.06. The van der Waals surface area contributed by atoms with Crippen molar-refractivity contribution in [3.63, 3.8) is 0 Å². The lowest BCUT2D eigenvalue weighted by Crippen LogP contribution is -2.41. The number of amides is 2. The number of rotatable bonds is 2. The molecule has 0 bridgehead atoms. The van der Waals surface area contributed by atoms with Gasteiger partial charge in [-0.3, -0.25) is 14.4 Å². The molecule has 6 heteroatoms. The molecule has 2 N–H and O–H groups in total. The van der Waals surface area contributed by atoms with Crippen molar-refractivity contribution in [2.45, 2.75) is 32.6 Å². The number of anilines is 1. The van der Waals surface area contributed by atoms with Crippen LogP contribution in [-0.2, 0) is 14.4 Å². The average Bonchev–Trinajstić information content (AvgIpc) is 2.51. The highest BCUT2D eigenvalue weighted by Gasteiger charge is 2.37. The fourth-order valence-corrected chi connectivity index (χ4v) is 3.27. The molecular weight excluding hydrogens is 316 g/mol. The molecule has 1 heterocycles. The Morgan fingerprint density at radius 3 is 2.87 bits per heavy atom. The van der Waals surface area contributed by atoms with E-state index in [1.54, 1.807) is 18.2 Å². The second-order valence-electron chi connectivity index (χ2n) is 5.88. The second kappa shape index (κ2) is 6.16. The van der Waals surface area contributed by atoms with Gasteiger partial charge in [0.25, 0.3) is 0 Å². The largest absolute Gasteiger partial charge is 0.329 e. The van der Waals surface area contributed by atoms with E-state index in [1.165, 1.54) is 0 Å². The summed E-state index contributed by atoms with van der Waals surface area (Å²) in [7, 11) is 0. The number of hydrogen-bond acceptors (Lipinski definition) is 3. The predicted molar refractivity (Wildman–Crippen MR) is 87.0 cm³/mol. The number of halogens is 1. The van der Waals surface area contributed by atoms with E-state index in [1.807, 2.05) is 6.92 Å². The van der Waals surface area contributed by atoms with Crippen LogP contribution < -0.4 is 10.6 Å². The Kier molecular flexibility index (Phi) is 4.22. The molecular formula is C17H17ClN2O3. The van der Waals surface area contributed by atoms with E-state index in [-0.39, 0.29) is 24.0 Å². The lowest BCUT2D eigenvalue weighted by Gasteiger charge is -2.30. The van der Waals surface area contributed by atoms with E-state index < -0.39 is 5.92 Å². The maximum absolute atomic E-state index is 12.7. The SMILES string of the molecule is Cc1c(Cl)cccc1NC(=O)[C@@H]1CC(=O)NC2=C1C(=O)CCC2. The van der Waals surface area contributed by atoms with Crippen molar-refractivity contribution in [2.75, 3.05) is 5.32 Å². The van der Waals surface area contributed by atoms with Gasteiger partial charge in [0, 0.05) is 34.8 Å². The second-order valence-corrected chi connectivity index (χ2v) is 6.28. The topological polar surface area (TPSA) is 75.3 Å². The molecule has 0 unspecified atom stereocenters. The van der Waals surface area contributed by atoms with Gasteiger partial charge in [0.2, 0.25) is 11.8 Å². The Morgan fingerprint density at radius 1 is 1.30 bits per heavy atom. The number of carbonyl (C=O) groups is 3. The summed E-state index contributed by atoms with van der Waals surface area (Å²) in [5.41, 5.74) is 2.43. The number of benzene rings is 1. The molecule has 2 amide bonds. The van der Waals surface area contributed by atoms with Crippen molar-refractivity contribution < 1.29 is 14.4 Å². The summed E-state index contributed by atoms with van der Waals surface area (Å²) in [4.78, 5) is 36.7. The molecule has 23 heavy (non-hydrogen) atoms. The van der Waals surface area contributed by atoms with Crippen molar-refractivity contribution in [1.82, 2.24) is 5.32 Å². The van der Waals surface area contributed by atoms with Gasteiger partial charge >= 0.3 is 0 Å². The monoisotopic (exact) mass is 332 g/mol. The van der Waals surface area contributed by atoms with Crippen LogP contribution in [0.3, 0.4) is 0 Å². The molecule has 1 aliphatic carbocycles. The molecule has 0 radical (unpaired) electrons. The van der Waals surface area contributed by atoms with E-state index in [4.69, 9.17) is 11.6 Å². The van der Waals surface area contributed by atoms with Crippen LogP contribution in [-0.4, -0.2) is 17.6 Å². The zero-order valence-electron chi connectivity index (χ0n) is 12.7. The molecule has 0 aromatic heterocycles. The lowest BCUT2D eigenvalue weighted by molar-refractivity contribution is -0.128. The first-order chi connectivity index (χ1) is 11.0. The molecule has 120 valence electrons. The third kappa shape index (κ3) is 3.01. The molecule has 1 aromatic rings. The predicted octanol–water partition coefficient (Wildman–Crippen LogP) is 2.73. The number of Topliss-reactive ketones (excluding diaryl/α,β-unsaturated/α-hetero) is 1. The van der Waals surface area contributed by atoms with Crippen molar-refractivity contribution in [3.05, 3.63) is 40.1 Å². The fourth-order valence-electron chi connectivity index (χ4n) is 3.09. The van der Waals surface area contributed by atoms with E-state index in [2.05, 4.69) is 10.6 Å². The molecule has 3 rings (SSSR count). The molecule has 1 aliphatic heterocycles. The van der Waals surface area contributed by atoms with Crippen molar-refractivity contribution >= 4 is 34.9 Å². The molecule has 5 nitrogen and oxygen atoms in total. The minimum atomic E-state index is -0.732. The van der Waals surface area contributed by atoms with Crippen molar-refractivity contribution in [1.29, 1.82) is 0 Å². The van der Waals surface area contributed by atoms with Gasteiger partial charge in [-0.15, -0.1) is 0 Å². The normalized spacial score (nSPS) is 20.9. The van der Waals surface area contributed by atoms with Gasteiger partial charge < -0.3 is 10.6 Å². The number of hydrogen-bond donors (Lipinski definition) is 2. The van der Waals surface area contributed by atoms with E-state index in [9.17, 15) is 14.4 Å². The number of ketones is 1. The van der Waals surface area contributed by atoms with Gasteiger partial charge in [-0.25, -0.2) is 0 Å². The van der Waals surface area contributed by atoms with Crippen LogP contribution in [0.2, 0.25) is 5.02 Å². The lowest BCUT2D eigenvalue weighted by atomic mass is 9.81. The van der Waals surface area contributed by atoms with Crippen LogP contribution in [0.5, 0.6) is 0 Å². The number of carbonyl (C=O) groups excluding carboxylic acids is 3. The Hall–Kier alpha value is -2.14. The standard InChI is InChI=1S/C17H17ClN2O3/c1-9-11(18)4-2-5-12(9)20-17(23)10-8-15(22)19-13-6-3-7-14(21)16(10)13/h2,4-5,10H,3,6-8H2,1H3,(H,19,22)(H,20,23)/t10-/m1/s1. The van der Waals surface area contributed by atoms with E-state index in [0.29, 0.717) is 41.2 Å². The molecule has 2 aliphatic rings. The van der Waals surface area contributed by atoms with Crippen LogP contribution in [0.1, 0.15) is 31.2 Å². The number of nitrogens with one attached hydrogen (secondary N) is 2. The molecule has 1 aromatic carbocycles. The zero-order valence-corrected chi connectivity index (χ0v) is 13.5. The summed E-state index contributed by atoms with van der Waals surface area (Å²) < 4.78 is 0. The Labute approximate surface area is 139 Å². The summed E-state index contributed by atoms with van der Waals surface area (Å²) in [5, 5.41) is 6.10. The highest BCUT2D eigenvalue weighted by molar-refractivity contribution is 6.31. The molecule has 1 atom stereocenters. The van der Waals surface area contributed by atoms with Gasteiger partial charge in [-0.2, -0.15) is 0 Å². The Bertz CT molecular complexity index is 739. The van der Waals surface area contributed by atoms with Crippen LogP contribution in [0, 0.1) is 12.8 Å². The Morgan fingerprint density at radius 2 is 2.09 bits per heavy atom. The summed E-state index contributed by atoms with van der Waals surface area (Å²) in [6.45, 7) is 1.81. The maximum Gasteiger partial charge on any atom is 0.232 e. The van der Waals surface area contributed by atoms with Gasteiger partial charge in [0.15, 0.2) is 5.78 Å². The first kappa shape index (κ1) is 15.7. The third-order valence-corrected chi connectivity index (χ3v) is 4.74. The highest BCUT2D eigenvalue weighted by Crippen LogP contribution is 2.33. The summed E-state index contributed by atoms with van der Waals surface area (Å²) in [6.07, 6.45) is 1.76. The van der Waals surface area contributed by atoms with Crippen LogP contribution >= 0.6 is 11.6 Å². The first-order valence-corrected chi connectivity index (χ1v) is 7.97. The third-order valence-electron chi connectivity index (χ3n) is 4.33. The first-order valence-electron chi connectivity index (χ1n) is 7.59. The molecule has 0 saturated heterocycles. The van der Waals surface area contributed by atoms with Gasteiger partial charge in [0.05, 0.1) is 5.92 Å². The highest BCUT2D eigenvalue weighted by atomic mass is 35.5. The fraction of sp³-hybridized carbons (Fsp3) is 0.353. The minimum absolute atomic E-state index is 0.00395. The van der Waals surface area contributed by atoms with Crippen molar-refractivity contribution in [2.24, 2.45) is 5.92 Å². The van der Waals surface area contributed by atoms with Gasteiger partial charge in [-0.1, -0.05) is 17.7 Å². The molecule has 0 spiro atoms. The smallest absolute Gasteiger partial charge is 0.232 e. The van der Waals surface area contributed by atoms with Gasteiger partial charge in [-0.05, 0) is 37.5 Å². The summed E-state index contributed by atoms with van der Waals surface area (Å²) in [6, 6.07) is 5.24. The van der Waals surface area contributed by atoms with E-state index in [0.717, 1.165) is 5.56 Å². The van der Waals surface area contributed by atoms with Crippen molar-refractivity contribution in [3.8, 4) is 0 Å². The van der Waals surface area contributed by atoms with Crippen LogP contribution in [0.25, 0.3) is 0 Å². The quantitative estimate of drug-likeness (QED) is 0.874. The summed E-state index contributed by atoms with van der Waals surface area (Å²) in [5.74, 6) is -1.34. The van der Waals surface area contributed by atoms with Crippen LogP contribution in [0.15, 0.2) is 29.5 Å².